The van der Waals surface area contributed by atoms with E-state index in [1.54, 1.807) is 26.5 Å². The third-order valence-corrected chi connectivity index (χ3v) is 3.11. The highest BCUT2D eigenvalue weighted by Gasteiger charge is 2.12. The van der Waals surface area contributed by atoms with E-state index in [1.807, 2.05) is 30.7 Å². The van der Waals surface area contributed by atoms with Crippen LogP contribution < -0.4 is 10.1 Å². The monoisotopic (exact) mass is 303 g/mol. The molecule has 0 aliphatic heterocycles. The van der Waals surface area contributed by atoms with Crippen LogP contribution in [0, 0.1) is 0 Å². The molecular weight excluding hydrogens is 282 g/mol. The van der Waals surface area contributed by atoms with Crippen molar-refractivity contribution < 1.29 is 9.47 Å². The fourth-order valence-corrected chi connectivity index (χ4v) is 1.83. The molecule has 0 saturated carbocycles. The average molecular weight is 303 g/mol. The fraction of sp³-hybridized carbons (Fsp3) is 0.400. The van der Waals surface area contributed by atoms with Gasteiger partial charge in [0.05, 0.1) is 20.3 Å². The first-order valence-electron chi connectivity index (χ1n) is 7.02. The second kappa shape index (κ2) is 7.56. The van der Waals surface area contributed by atoms with Crippen LogP contribution in [0.2, 0.25) is 0 Å². The van der Waals surface area contributed by atoms with Gasteiger partial charge in [-0.25, -0.2) is 9.67 Å². The quantitative estimate of drug-likeness (QED) is 0.846. The molecular formula is C15H21N5O2. The lowest BCUT2D eigenvalue weighted by Gasteiger charge is -2.08. The standard InChI is InChI=1S/C15H21N5O2/c1-5-11(2)17-13-10-12(19-20(13)8-9-21-3)15-16-7-6-14(18-15)22-4/h5-7,10,17H,8-9H2,1-4H3/b11-5+. The third kappa shape index (κ3) is 3.82. The highest BCUT2D eigenvalue weighted by molar-refractivity contribution is 5.57. The maximum atomic E-state index is 5.13. The van der Waals surface area contributed by atoms with Gasteiger partial charge >= 0.3 is 0 Å². The number of aromatic nitrogens is 4. The van der Waals surface area contributed by atoms with E-state index in [0.717, 1.165) is 11.5 Å². The molecule has 0 bridgehead atoms. The number of anilines is 1. The smallest absolute Gasteiger partial charge is 0.216 e. The zero-order valence-electron chi connectivity index (χ0n) is 13.3. The molecule has 0 radical (unpaired) electrons. The van der Waals surface area contributed by atoms with Gasteiger partial charge in [0.15, 0.2) is 5.82 Å². The molecule has 2 aromatic rings. The van der Waals surface area contributed by atoms with Gasteiger partial charge in [-0.2, -0.15) is 10.1 Å². The number of allylic oxidation sites excluding steroid dienone is 2. The molecule has 0 atom stereocenters. The normalized spacial score (nSPS) is 11.5. The Morgan fingerprint density at radius 1 is 1.41 bits per heavy atom. The molecule has 0 aliphatic rings. The fourth-order valence-electron chi connectivity index (χ4n) is 1.83. The molecule has 0 spiro atoms. The Morgan fingerprint density at radius 2 is 2.23 bits per heavy atom. The molecule has 0 unspecified atom stereocenters. The van der Waals surface area contributed by atoms with Gasteiger partial charge in [0.25, 0.3) is 0 Å². The first-order valence-corrected chi connectivity index (χ1v) is 7.02. The van der Waals surface area contributed by atoms with Gasteiger partial charge in [0.2, 0.25) is 5.88 Å². The van der Waals surface area contributed by atoms with Gasteiger partial charge in [0, 0.05) is 31.1 Å². The zero-order chi connectivity index (χ0) is 15.9. The van der Waals surface area contributed by atoms with Crippen LogP contribution in [0.3, 0.4) is 0 Å². The van der Waals surface area contributed by atoms with E-state index in [1.165, 1.54) is 0 Å². The van der Waals surface area contributed by atoms with E-state index in [9.17, 15) is 0 Å². The summed E-state index contributed by atoms with van der Waals surface area (Å²) in [5.41, 5.74) is 1.72. The average Bonchev–Trinajstić information content (AvgIpc) is 2.95. The maximum Gasteiger partial charge on any atom is 0.216 e. The molecule has 0 fully saturated rings. The second-order valence-electron chi connectivity index (χ2n) is 4.65. The topological polar surface area (TPSA) is 74.1 Å². The van der Waals surface area contributed by atoms with Crippen molar-refractivity contribution in [2.24, 2.45) is 0 Å². The van der Waals surface area contributed by atoms with Crippen LogP contribution in [0.4, 0.5) is 5.82 Å². The summed E-state index contributed by atoms with van der Waals surface area (Å²) in [5, 5.41) is 7.85. The van der Waals surface area contributed by atoms with Crippen molar-refractivity contribution in [2.45, 2.75) is 20.4 Å². The van der Waals surface area contributed by atoms with Gasteiger partial charge in [-0.15, -0.1) is 0 Å². The van der Waals surface area contributed by atoms with Crippen LogP contribution >= 0.6 is 0 Å². The van der Waals surface area contributed by atoms with Crippen molar-refractivity contribution in [1.82, 2.24) is 19.7 Å². The van der Waals surface area contributed by atoms with Crippen LogP contribution in [0.5, 0.6) is 5.88 Å². The van der Waals surface area contributed by atoms with E-state index in [0.29, 0.717) is 30.5 Å². The van der Waals surface area contributed by atoms with Crippen molar-refractivity contribution in [3.8, 4) is 17.4 Å². The minimum atomic E-state index is 0.510. The van der Waals surface area contributed by atoms with Crippen molar-refractivity contribution in [1.29, 1.82) is 0 Å². The molecule has 0 aliphatic carbocycles. The van der Waals surface area contributed by atoms with Crippen LogP contribution in [-0.2, 0) is 11.3 Å². The molecule has 7 nitrogen and oxygen atoms in total. The Morgan fingerprint density at radius 3 is 2.91 bits per heavy atom. The van der Waals surface area contributed by atoms with Gasteiger partial charge in [-0.1, -0.05) is 6.08 Å². The van der Waals surface area contributed by atoms with Crippen molar-refractivity contribution >= 4 is 5.82 Å². The van der Waals surface area contributed by atoms with Gasteiger partial charge in [-0.3, -0.25) is 0 Å². The molecule has 118 valence electrons. The van der Waals surface area contributed by atoms with Crippen LogP contribution in [0.15, 0.2) is 30.1 Å². The van der Waals surface area contributed by atoms with E-state index in [4.69, 9.17) is 9.47 Å². The van der Waals surface area contributed by atoms with Gasteiger partial charge in [0.1, 0.15) is 11.5 Å². The molecule has 2 rings (SSSR count). The number of nitrogens with zero attached hydrogens (tertiary/aromatic N) is 4. The Labute approximate surface area is 130 Å². The Balaban J connectivity index is 2.35. The van der Waals surface area contributed by atoms with Crippen molar-refractivity contribution in [2.75, 3.05) is 26.1 Å². The Hall–Kier alpha value is -2.41. The largest absolute Gasteiger partial charge is 0.481 e. The number of rotatable bonds is 7. The summed E-state index contributed by atoms with van der Waals surface area (Å²) in [4.78, 5) is 8.56. The summed E-state index contributed by atoms with van der Waals surface area (Å²) in [6.45, 7) is 5.18. The van der Waals surface area contributed by atoms with Gasteiger partial charge in [-0.05, 0) is 13.8 Å². The lowest BCUT2D eigenvalue weighted by Crippen LogP contribution is -2.10. The Bertz CT molecular complexity index is 651. The molecule has 0 saturated heterocycles. The van der Waals surface area contributed by atoms with E-state index < -0.39 is 0 Å². The number of methoxy groups -OCH3 is 2. The molecule has 7 heteroatoms. The van der Waals surface area contributed by atoms with Crippen LogP contribution in [0.25, 0.3) is 11.5 Å². The summed E-state index contributed by atoms with van der Waals surface area (Å²) in [7, 11) is 3.24. The molecule has 0 amide bonds. The molecule has 2 aromatic heterocycles. The Kier molecular flexibility index (Phi) is 5.48. The first kappa shape index (κ1) is 16.0. The molecule has 2 heterocycles. The minimum Gasteiger partial charge on any atom is -0.481 e. The summed E-state index contributed by atoms with van der Waals surface area (Å²) in [6, 6.07) is 3.62. The predicted molar refractivity (Wildman–Crippen MR) is 84.7 cm³/mol. The number of ether oxygens (including phenoxy) is 2. The summed E-state index contributed by atoms with van der Waals surface area (Å²) < 4.78 is 12.1. The summed E-state index contributed by atoms with van der Waals surface area (Å²) >= 11 is 0. The van der Waals surface area contributed by atoms with E-state index in [2.05, 4.69) is 20.4 Å². The molecule has 22 heavy (non-hydrogen) atoms. The zero-order valence-corrected chi connectivity index (χ0v) is 13.3. The highest BCUT2D eigenvalue weighted by Crippen LogP contribution is 2.21. The third-order valence-electron chi connectivity index (χ3n) is 3.11. The van der Waals surface area contributed by atoms with Crippen LogP contribution in [0.1, 0.15) is 13.8 Å². The lowest BCUT2D eigenvalue weighted by molar-refractivity contribution is 0.184. The molecule has 1 N–H and O–H groups in total. The number of nitrogens with one attached hydrogen (secondary N) is 1. The van der Waals surface area contributed by atoms with Crippen LogP contribution in [-0.4, -0.2) is 40.6 Å². The van der Waals surface area contributed by atoms with Gasteiger partial charge < -0.3 is 14.8 Å². The number of hydrogen-bond acceptors (Lipinski definition) is 6. The first-order chi connectivity index (χ1) is 10.7. The van der Waals surface area contributed by atoms with E-state index >= 15 is 0 Å². The summed E-state index contributed by atoms with van der Waals surface area (Å²) in [6.07, 6.45) is 3.65. The highest BCUT2D eigenvalue weighted by atomic mass is 16.5. The molecule has 0 aromatic carbocycles. The number of hydrogen-bond donors (Lipinski definition) is 1. The summed E-state index contributed by atoms with van der Waals surface area (Å²) in [5.74, 6) is 1.90. The van der Waals surface area contributed by atoms with E-state index in [-0.39, 0.29) is 0 Å². The van der Waals surface area contributed by atoms with Crippen molar-refractivity contribution in [3.05, 3.63) is 30.1 Å². The maximum absolute atomic E-state index is 5.13. The predicted octanol–water partition coefficient (Wildman–Crippen LogP) is 2.33. The lowest BCUT2D eigenvalue weighted by atomic mass is 10.3. The minimum absolute atomic E-state index is 0.510. The SMILES string of the molecule is C/C=C(\C)Nc1cc(-c2nccc(OC)n2)nn1CCOC. The second-order valence-corrected chi connectivity index (χ2v) is 4.65. The van der Waals surface area contributed by atoms with Crippen molar-refractivity contribution in [3.63, 3.8) is 0 Å².